The number of benzene rings is 2. The van der Waals surface area contributed by atoms with E-state index in [1.54, 1.807) is 12.1 Å². The quantitative estimate of drug-likeness (QED) is 0.626. The van der Waals surface area contributed by atoms with E-state index in [9.17, 15) is 8.78 Å². The second-order valence-corrected chi connectivity index (χ2v) is 5.42. The first-order chi connectivity index (χ1) is 12.1. The summed E-state index contributed by atoms with van der Waals surface area (Å²) in [6.07, 6.45) is 0.711. The number of nitriles is 1. The molecule has 2 aromatic rings. The number of guanidine groups is 1. The van der Waals surface area contributed by atoms with Crippen LogP contribution in [0.5, 0.6) is 0 Å². The molecule has 2 N–H and O–H groups in total. The molecule has 0 aliphatic carbocycles. The summed E-state index contributed by atoms with van der Waals surface area (Å²) in [6, 6.07) is 12.5. The van der Waals surface area contributed by atoms with Crippen molar-refractivity contribution in [3.63, 3.8) is 0 Å². The van der Waals surface area contributed by atoms with E-state index in [1.165, 1.54) is 30.3 Å². The summed E-state index contributed by atoms with van der Waals surface area (Å²) in [5.41, 5.74) is 1.79. The van der Waals surface area contributed by atoms with Crippen molar-refractivity contribution in [2.75, 3.05) is 13.1 Å². The van der Waals surface area contributed by atoms with Crippen LogP contribution in [-0.2, 0) is 13.0 Å². The highest BCUT2D eigenvalue weighted by Gasteiger charge is 2.04. The normalized spacial score (nSPS) is 11.0. The van der Waals surface area contributed by atoms with Crippen molar-refractivity contribution in [1.82, 2.24) is 10.6 Å². The Hall–Kier alpha value is -2.94. The number of nitrogens with zero attached hydrogens (tertiary/aromatic N) is 2. The summed E-state index contributed by atoms with van der Waals surface area (Å²) < 4.78 is 26.7. The van der Waals surface area contributed by atoms with Crippen LogP contribution in [-0.4, -0.2) is 19.0 Å². The molecule has 0 heterocycles. The van der Waals surface area contributed by atoms with E-state index in [1.807, 2.05) is 13.0 Å². The first-order valence-electron chi connectivity index (χ1n) is 8.07. The van der Waals surface area contributed by atoms with Crippen molar-refractivity contribution in [3.05, 3.63) is 70.8 Å². The Morgan fingerprint density at radius 2 is 1.88 bits per heavy atom. The van der Waals surface area contributed by atoms with Crippen molar-refractivity contribution < 1.29 is 8.78 Å². The average molecular weight is 342 g/mol. The van der Waals surface area contributed by atoms with Crippen LogP contribution in [0.2, 0.25) is 0 Å². The first-order valence-corrected chi connectivity index (χ1v) is 8.07. The van der Waals surface area contributed by atoms with E-state index in [2.05, 4.69) is 15.6 Å². The van der Waals surface area contributed by atoms with E-state index < -0.39 is 0 Å². The minimum absolute atomic E-state index is 0.132. The Labute approximate surface area is 146 Å². The Morgan fingerprint density at radius 3 is 2.56 bits per heavy atom. The van der Waals surface area contributed by atoms with Crippen molar-refractivity contribution >= 4 is 5.96 Å². The molecule has 130 valence electrons. The maximum atomic E-state index is 13.8. The molecule has 0 aromatic heterocycles. The van der Waals surface area contributed by atoms with Gasteiger partial charge < -0.3 is 10.6 Å². The Bertz CT molecular complexity index is 764. The highest BCUT2D eigenvalue weighted by molar-refractivity contribution is 5.79. The molecular weight excluding hydrogens is 322 g/mol. The van der Waals surface area contributed by atoms with Crippen LogP contribution in [0, 0.1) is 23.0 Å². The maximum Gasteiger partial charge on any atom is 0.191 e. The number of hydrogen-bond acceptors (Lipinski definition) is 2. The molecule has 0 spiro atoms. The third kappa shape index (κ3) is 5.88. The summed E-state index contributed by atoms with van der Waals surface area (Å²) >= 11 is 0. The van der Waals surface area contributed by atoms with E-state index in [4.69, 9.17) is 5.26 Å². The van der Waals surface area contributed by atoms with Gasteiger partial charge in [-0.15, -0.1) is 0 Å². The van der Waals surface area contributed by atoms with Crippen LogP contribution in [0.4, 0.5) is 8.78 Å². The average Bonchev–Trinajstić information content (AvgIpc) is 2.62. The van der Waals surface area contributed by atoms with Crippen LogP contribution in [0.1, 0.15) is 23.6 Å². The summed E-state index contributed by atoms with van der Waals surface area (Å²) in [7, 11) is 0. The lowest BCUT2D eigenvalue weighted by Crippen LogP contribution is -2.38. The van der Waals surface area contributed by atoms with E-state index >= 15 is 0 Å². The van der Waals surface area contributed by atoms with Crippen molar-refractivity contribution in [3.8, 4) is 6.07 Å². The largest absolute Gasteiger partial charge is 0.357 e. The van der Waals surface area contributed by atoms with Gasteiger partial charge in [0, 0.05) is 18.7 Å². The molecule has 0 radical (unpaired) electrons. The van der Waals surface area contributed by atoms with Gasteiger partial charge in [0.1, 0.15) is 11.6 Å². The number of hydrogen-bond donors (Lipinski definition) is 2. The fourth-order valence-electron chi connectivity index (χ4n) is 2.25. The Balaban J connectivity index is 1.96. The maximum absolute atomic E-state index is 13.8. The zero-order valence-corrected chi connectivity index (χ0v) is 14.0. The van der Waals surface area contributed by atoms with Crippen molar-refractivity contribution in [2.24, 2.45) is 4.99 Å². The van der Waals surface area contributed by atoms with E-state index in [0.29, 0.717) is 36.6 Å². The fourth-order valence-corrected chi connectivity index (χ4v) is 2.25. The third-order valence-corrected chi connectivity index (χ3v) is 3.55. The van der Waals surface area contributed by atoms with Gasteiger partial charge >= 0.3 is 0 Å². The minimum atomic E-state index is -0.384. The van der Waals surface area contributed by atoms with Gasteiger partial charge in [0.05, 0.1) is 18.2 Å². The summed E-state index contributed by atoms with van der Waals surface area (Å²) in [5, 5.41) is 15.1. The zero-order chi connectivity index (χ0) is 18.1. The van der Waals surface area contributed by atoms with Crippen LogP contribution < -0.4 is 10.6 Å². The third-order valence-electron chi connectivity index (χ3n) is 3.55. The number of rotatable bonds is 6. The van der Waals surface area contributed by atoms with Gasteiger partial charge in [-0.3, -0.25) is 0 Å². The monoisotopic (exact) mass is 342 g/mol. The standard InChI is InChI=1S/C19H20F2N4/c1-2-23-19(24-10-9-14-3-6-17(20)7-4-14)25-13-16-11-15(12-22)5-8-18(16)21/h3-8,11H,2,9-10,13H2,1H3,(H2,23,24,25). The topological polar surface area (TPSA) is 60.2 Å². The SMILES string of the molecule is CCNC(=NCc1cc(C#N)ccc1F)NCCc1ccc(F)cc1. The van der Waals surface area contributed by atoms with Gasteiger partial charge in [-0.1, -0.05) is 12.1 Å². The molecule has 25 heavy (non-hydrogen) atoms. The van der Waals surface area contributed by atoms with Gasteiger partial charge in [0.2, 0.25) is 0 Å². The van der Waals surface area contributed by atoms with Gasteiger partial charge in [-0.2, -0.15) is 5.26 Å². The summed E-state index contributed by atoms with van der Waals surface area (Å²) in [6.45, 7) is 3.35. The van der Waals surface area contributed by atoms with E-state index in [0.717, 1.165) is 5.56 Å². The highest BCUT2D eigenvalue weighted by Crippen LogP contribution is 2.11. The lowest BCUT2D eigenvalue weighted by Gasteiger charge is -2.11. The van der Waals surface area contributed by atoms with Crippen LogP contribution in [0.15, 0.2) is 47.5 Å². The molecule has 0 saturated carbocycles. The molecule has 0 saturated heterocycles. The molecule has 2 rings (SSSR count). The van der Waals surface area contributed by atoms with Gasteiger partial charge in [-0.05, 0) is 49.2 Å². The van der Waals surface area contributed by atoms with Crippen molar-refractivity contribution in [2.45, 2.75) is 19.9 Å². The predicted molar refractivity (Wildman–Crippen MR) is 94.0 cm³/mol. The van der Waals surface area contributed by atoms with Gasteiger partial charge in [-0.25, -0.2) is 13.8 Å². The molecule has 0 unspecified atom stereocenters. The fraction of sp³-hybridized carbons (Fsp3) is 0.263. The van der Waals surface area contributed by atoms with Crippen molar-refractivity contribution in [1.29, 1.82) is 5.26 Å². The number of nitrogens with one attached hydrogen (secondary N) is 2. The molecule has 0 amide bonds. The Morgan fingerprint density at radius 1 is 1.12 bits per heavy atom. The smallest absolute Gasteiger partial charge is 0.191 e. The molecule has 0 aliphatic rings. The van der Waals surface area contributed by atoms with Gasteiger partial charge in [0.15, 0.2) is 5.96 Å². The number of aliphatic imine (C=N–C) groups is 1. The van der Waals surface area contributed by atoms with Gasteiger partial charge in [0.25, 0.3) is 0 Å². The van der Waals surface area contributed by atoms with Crippen LogP contribution in [0.25, 0.3) is 0 Å². The minimum Gasteiger partial charge on any atom is -0.357 e. The lowest BCUT2D eigenvalue weighted by molar-refractivity contribution is 0.610. The Kier molecular flexibility index (Phi) is 6.90. The molecule has 0 aliphatic heterocycles. The molecule has 2 aromatic carbocycles. The second-order valence-electron chi connectivity index (χ2n) is 5.42. The predicted octanol–water partition coefficient (Wildman–Crippen LogP) is 3.13. The summed E-state index contributed by atoms with van der Waals surface area (Å²) in [5.74, 6) is -0.0791. The second kappa shape index (κ2) is 9.38. The molecule has 0 fully saturated rings. The lowest BCUT2D eigenvalue weighted by atomic mass is 10.1. The highest BCUT2D eigenvalue weighted by atomic mass is 19.1. The van der Waals surface area contributed by atoms with Crippen LogP contribution >= 0.6 is 0 Å². The van der Waals surface area contributed by atoms with E-state index in [-0.39, 0.29) is 18.2 Å². The molecule has 6 heteroatoms. The zero-order valence-electron chi connectivity index (χ0n) is 14.0. The molecule has 0 atom stereocenters. The molecular formula is C19H20F2N4. The number of halogens is 2. The summed E-state index contributed by atoms with van der Waals surface area (Å²) in [4.78, 5) is 4.35. The molecule has 4 nitrogen and oxygen atoms in total. The molecule has 0 bridgehead atoms. The first kappa shape index (κ1) is 18.4. The van der Waals surface area contributed by atoms with Crippen LogP contribution in [0.3, 0.4) is 0 Å².